The number of para-hydroxylation sites is 1. The number of methoxy groups -OCH3 is 1. The zero-order chi connectivity index (χ0) is 26.0. The van der Waals surface area contributed by atoms with E-state index in [9.17, 15) is 14.7 Å². The molecule has 3 N–H and O–H groups in total. The highest BCUT2D eigenvalue weighted by molar-refractivity contribution is 5.93. The van der Waals surface area contributed by atoms with Crippen LogP contribution in [0, 0.1) is 11.8 Å². The monoisotopic (exact) mass is 502 g/mol. The van der Waals surface area contributed by atoms with Crippen LogP contribution >= 0.6 is 0 Å². The lowest BCUT2D eigenvalue weighted by Gasteiger charge is -2.34. The van der Waals surface area contributed by atoms with Gasteiger partial charge in [-0.3, -0.25) is 9.59 Å². The van der Waals surface area contributed by atoms with Crippen molar-refractivity contribution < 1.29 is 24.2 Å². The first-order valence-electron chi connectivity index (χ1n) is 13.9. The van der Waals surface area contributed by atoms with Crippen LogP contribution in [0.4, 0.5) is 0 Å². The maximum absolute atomic E-state index is 13.4. The molecule has 0 spiro atoms. The number of rotatable bonds is 17. The number of ketones is 1. The summed E-state index contributed by atoms with van der Waals surface area (Å²) in [5.74, 6) is 1.11. The molecule has 0 aromatic heterocycles. The molecule has 0 saturated heterocycles. The molecule has 202 valence electrons. The Morgan fingerprint density at radius 2 is 1.92 bits per heavy atom. The number of nitrogens with zero attached hydrogens (tertiary/aromatic N) is 1. The molecule has 0 radical (unpaired) electrons. The molecule has 1 aromatic carbocycles. The van der Waals surface area contributed by atoms with E-state index < -0.39 is 11.6 Å². The first-order chi connectivity index (χ1) is 17.4. The highest BCUT2D eigenvalue weighted by Crippen LogP contribution is 2.38. The molecule has 3 rings (SSSR count). The lowest BCUT2D eigenvalue weighted by atomic mass is 9.84. The van der Waals surface area contributed by atoms with Crippen molar-refractivity contribution in [1.82, 2.24) is 4.90 Å². The van der Waals surface area contributed by atoms with E-state index >= 15 is 0 Å². The molecule has 1 amide bonds. The van der Waals surface area contributed by atoms with E-state index in [-0.39, 0.29) is 24.0 Å². The van der Waals surface area contributed by atoms with E-state index in [1.54, 1.807) is 7.11 Å². The van der Waals surface area contributed by atoms with Crippen LogP contribution in [0.5, 0.6) is 5.75 Å². The number of ether oxygens (including phenoxy) is 2. The molecule has 3 atom stereocenters. The van der Waals surface area contributed by atoms with Crippen LogP contribution in [-0.4, -0.2) is 61.2 Å². The van der Waals surface area contributed by atoms with E-state index in [1.807, 2.05) is 29.2 Å². The van der Waals surface area contributed by atoms with E-state index in [0.717, 1.165) is 49.3 Å². The summed E-state index contributed by atoms with van der Waals surface area (Å²) < 4.78 is 11.4. The number of carbonyl (C=O) groups is 2. The standard InChI is InChI=1S/C29H46N2O5/c1-3-4-16-31(28(33)23-20-25(30)26(32)21-23)17-15-29(34,14-7-8-18-35-2)24-9-5-6-10-27(24)36-19-13-22-11-12-22/h5-6,9-10,22-23,25,34H,3-4,7-8,11-21,30H2,1-2H3/t23-,25+,29-/m0/s1. The molecule has 36 heavy (non-hydrogen) atoms. The number of nitrogens with two attached hydrogens (primary N) is 1. The van der Waals surface area contributed by atoms with Crippen molar-refractivity contribution in [3.8, 4) is 5.75 Å². The van der Waals surface area contributed by atoms with Crippen molar-refractivity contribution in [2.45, 2.75) is 89.2 Å². The average molecular weight is 503 g/mol. The zero-order valence-electron chi connectivity index (χ0n) is 22.3. The van der Waals surface area contributed by atoms with Gasteiger partial charge in [-0.25, -0.2) is 0 Å². The van der Waals surface area contributed by atoms with Crippen molar-refractivity contribution in [1.29, 1.82) is 0 Å². The third-order valence-corrected chi connectivity index (χ3v) is 7.70. The molecule has 2 fully saturated rings. The van der Waals surface area contributed by atoms with Gasteiger partial charge in [0.15, 0.2) is 0 Å². The fourth-order valence-electron chi connectivity index (χ4n) is 5.14. The van der Waals surface area contributed by atoms with Crippen LogP contribution in [-0.2, 0) is 19.9 Å². The summed E-state index contributed by atoms with van der Waals surface area (Å²) in [7, 11) is 1.69. The average Bonchev–Trinajstić information content (AvgIpc) is 3.64. The second-order valence-electron chi connectivity index (χ2n) is 10.7. The van der Waals surface area contributed by atoms with Gasteiger partial charge in [0.05, 0.1) is 18.2 Å². The molecule has 2 saturated carbocycles. The molecule has 0 aliphatic heterocycles. The van der Waals surface area contributed by atoms with Crippen LogP contribution in [0.15, 0.2) is 24.3 Å². The van der Waals surface area contributed by atoms with Crippen molar-refractivity contribution >= 4 is 11.7 Å². The minimum absolute atomic E-state index is 0.0135. The van der Waals surface area contributed by atoms with Crippen LogP contribution in [0.2, 0.25) is 0 Å². The van der Waals surface area contributed by atoms with Crippen LogP contribution in [0.3, 0.4) is 0 Å². The minimum Gasteiger partial charge on any atom is -0.493 e. The first kappa shape index (κ1) is 28.6. The molecule has 2 aliphatic rings. The molecule has 0 heterocycles. The lowest BCUT2D eigenvalue weighted by Crippen LogP contribution is -2.40. The topological polar surface area (TPSA) is 102 Å². The lowest BCUT2D eigenvalue weighted by molar-refractivity contribution is -0.137. The number of carbonyl (C=O) groups excluding carboxylic acids is 2. The predicted octanol–water partition coefficient (Wildman–Crippen LogP) is 4.20. The van der Waals surface area contributed by atoms with Gasteiger partial charge < -0.3 is 25.2 Å². The SMILES string of the molecule is CCCCN(CC[C@@](O)(CCCCOC)c1ccccc1OCCC1CC1)C(=O)[C@@H]1CC(=O)[C@H](N)C1. The quantitative estimate of drug-likeness (QED) is 0.310. The Kier molecular flexibility index (Phi) is 11.2. The summed E-state index contributed by atoms with van der Waals surface area (Å²) in [6.45, 7) is 4.44. The molecule has 0 bridgehead atoms. The van der Waals surface area contributed by atoms with Crippen molar-refractivity contribution in [3.05, 3.63) is 29.8 Å². The first-order valence-corrected chi connectivity index (χ1v) is 13.9. The third-order valence-electron chi connectivity index (χ3n) is 7.70. The zero-order valence-corrected chi connectivity index (χ0v) is 22.3. The summed E-state index contributed by atoms with van der Waals surface area (Å²) in [5, 5.41) is 12.1. The Bertz CT molecular complexity index is 843. The van der Waals surface area contributed by atoms with E-state index in [2.05, 4.69) is 6.92 Å². The molecule has 1 aromatic rings. The summed E-state index contributed by atoms with van der Waals surface area (Å²) in [6, 6.07) is 7.24. The van der Waals surface area contributed by atoms with Gasteiger partial charge in [-0.15, -0.1) is 0 Å². The van der Waals surface area contributed by atoms with Gasteiger partial charge in [0.1, 0.15) is 11.5 Å². The summed E-state index contributed by atoms with van der Waals surface area (Å²) in [4.78, 5) is 27.2. The summed E-state index contributed by atoms with van der Waals surface area (Å²) in [5.41, 5.74) is 5.56. The highest BCUT2D eigenvalue weighted by atomic mass is 16.5. The molecule has 7 nitrogen and oxygen atoms in total. The van der Waals surface area contributed by atoms with E-state index in [1.165, 1.54) is 12.8 Å². The van der Waals surface area contributed by atoms with Gasteiger partial charge in [-0.1, -0.05) is 44.4 Å². The second kappa shape index (κ2) is 14.1. The van der Waals surface area contributed by atoms with Crippen LogP contribution in [0.1, 0.15) is 83.1 Å². The number of benzene rings is 1. The maximum atomic E-state index is 13.4. The Balaban J connectivity index is 1.75. The Morgan fingerprint density at radius 3 is 2.58 bits per heavy atom. The van der Waals surface area contributed by atoms with Crippen LogP contribution in [0.25, 0.3) is 0 Å². The van der Waals surface area contributed by atoms with Crippen molar-refractivity contribution in [2.24, 2.45) is 17.6 Å². The number of aliphatic hydroxyl groups is 1. The van der Waals surface area contributed by atoms with Crippen molar-refractivity contribution in [2.75, 3.05) is 33.4 Å². The highest BCUT2D eigenvalue weighted by Gasteiger charge is 2.38. The number of hydrogen-bond donors (Lipinski definition) is 2. The van der Waals surface area contributed by atoms with Gasteiger partial charge >= 0.3 is 0 Å². The van der Waals surface area contributed by atoms with Crippen molar-refractivity contribution in [3.63, 3.8) is 0 Å². The summed E-state index contributed by atoms with van der Waals surface area (Å²) >= 11 is 0. The predicted molar refractivity (Wildman–Crippen MR) is 141 cm³/mol. The molecule has 0 unspecified atom stereocenters. The largest absolute Gasteiger partial charge is 0.493 e. The van der Waals surface area contributed by atoms with Gasteiger partial charge in [0, 0.05) is 44.7 Å². The second-order valence-corrected chi connectivity index (χ2v) is 10.7. The Hall–Kier alpha value is -1.96. The Morgan fingerprint density at radius 1 is 1.14 bits per heavy atom. The van der Waals surface area contributed by atoms with E-state index in [4.69, 9.17) is 15.2 Å². The third kappa shape index (κ3) is 8.29. The maximum Gasteiger partial charge on any atom is 0.226 e. The van der Waals surface area contributed by atoms with Gasteiger partial charge in [0.2, 0.25) is 5.91 Å². The van der Waals surface area contributed by atoms with Crippen LogP contribution < -0.4 is 10.5 Å². The molecule has 7 heteroatoms. The normalized spacial score (nSPS) is 21.4. The fraction of sp³-hybridized carbons (Fsp3) is 0.724. The molecular weight excluding hydrogens is 456 g/mol. The number of amides is 1. The Labute approximate surface area is 216 Å². The van der Waals surface area contributed by atoms with Gasteiger partial charge in [-0.05, 0) is 56.9 Å². The minimum atomic E-state index is -1.13. The summed E-state index contributed by atoms with van der Waals surface area (Å²) in [6.07, 6.45) is 8.72. The number of unbranched alkanes of at least 4 members (excludes halogenated alkanes) is 2. The molecular formula is C29H46N2O5. The van der Waals surface area contributed by atoms with Gasteiger partial charge in [0.25, 0.3) is 0 Å². The fourth-order valence-corrected chi connectivity index (χ4v) is 5.14. The van der Waals surface area contributed by atoms with E-state index in [0.29, 0.717) is 45.6 Å². The number of hydrogen-bond acceptors (Lipinski definition) is 6. The smallest absolute Gasteiger partial charge is 0.226 e. The molecule has 2 aliphatic carbocycles. The number of Topliss-reactive ketones (excluding diaryl/α,β-unsaturated/α-hetero) is 1. The van der Waals surface area contributed by atoms with Gasteiger partial charge in [-0.2, -0.15) is 0 Å².